The van der Waals surface area contributed by atoms with Crippen LogP contribution < -0.4 is 20.3 Å². The summed E-state index contributed by atoms with van der Waals surface area (Å²) < 4.78 is 13.7. The highest BCUT2D eigenvalue weighted by molar-refractivity contribution is 9.10. The van der Waals surface area contributed by atoms with E-state index in [1.165, 1.54) is 11.8 Å². The highest BCUT2D eigenvalue weighted by Gasteiger charge is 2.16. The highest BCUT2D eigenvalue weighted by atomic mass is 79.9. The number of nitrogens with one attached hydrogen (secondary N) is 1. The lowest BCUT2D eigenvalue weighted by atomic mass is 10.1. The van der Waals surface area contributed by atoms with Crippen LogP contribution in [0.25, 0.3) is 10.9 Å². The number of nitrogens with zero attached hydrogens (tertiary/aromatic N) is 3. The maximum atomic E-state index is 13.4. The number of carbonyl (C=O) groups is 1. The molecule has 0 saturated carbocycles. The van der Waals surface area contributed by atoms with E-state index in [4.69, 9.17) is 14.5 Å². The minimum atomic E-state index is -0.289. The number of hydrogen-bond acceptors (Lipinski definition) is 6. The molecule has 0 saturated heterocycles. The zero-order valence-electron chi connectivity index (χ0n) is 22.9. The Labute approximate surface area is 241 Å². The zero-order valence-corrected chi connectivity index (χ0v) is 24.5. The number of methoxy groups -OCH3 is 1. The van der Waals surface area contributed by atoms with E-state index in [0.29, 0.717) is 40.2 Å². The Kier molecular flexibility index (Phi) is 9.16. The van der Waals surface area contributed by atoms with Crippen molar-refractivity contribution in [3.05, 3.63) is 105 Å². The first-order valence-electron chi connectivity index (χ1n) is 12.8. The summed E-state index contributed by atoms with van der Waals surface area (Å²) in [7, 11) is 1.53. The van der Waals surface area contributed by atoms with Crippen molar-refractivity contribution < 1.29 is 14.3 Å². The number of amides is 1. The van der Waals surface area contributed by atoms with E-state index in [9.17, 15) is 9.59 Å². The molecule has 40 heavy (non-hydrogen) atoms. The van der Waals surface area contributed by atoms with Crippen LogP contribution in [0, 0.1) is 6.92 Å². The Morgan fingerprint density at radius 1 is 1.20 bits per heavy atom. The maximum Gasteiger partial charge on any atom is 0.282 e. The number of fused-ring (bicyclic) bond motifs is 1. The van der Waals surface area contributed by atoms with Crippen LogP contribution in [0.2, 0.25) is 0 Å². The lowest BCUT2D eigenvalue weighted by Crippen LogP contribution is -2.23. The molecule has 4 rings (SSSR count). The summed E-state index contributed by atoms with van der Waals surface area (Å²) in [6, 6.07) is 16.6. The normalized spacial score (nSPS) is 11.2. The number of carbonyl (C=O) groups excluding carboxylic acids is 1. The van der Waals surface area contributed by atoms with E-state index in [2.05, 4.69) is 32.9 Å². The monoisotopic (exact) mass is 602 g/mol. The number of aryl methyl sites for hydroxylation is 1. The van der Waals surface area contributed by atoms with Gasteiger partial charge in [0.2, 0.25) is 0 Å². The molecule has 0 radical (unpaired) electrons. The number of aromatic nitrogens is 2. The van der Waals surface area contributed by atoms with Gasteiger partial charge in [-0.1, -0.05) is 54.1 Å². The smallest absolute Gasteiger partial charge is 0.282 e. The number of rotatable bonds is 10. The molecule has 3 aromatic carbocycles. The van der Waals surface area contributed by atoms with Crippen LogP contribution in [0.4, 0.5) is 5.69 Å². The van der Waals surface area contributed by atoms with Crippen LogP contribution in [0.3, 0.4) is 0 Å². The lowest BCUT2D eigenvalue weighted by Gasteiger charge is -2.16. The molecule has 0 aliphatic carbocycles. The van der Waals surface area contributed by atoms with Gasteiger partial charge in [-0.15, -0.1) is 6.58 Å². The van der Waals surface area contributed by atoms with E-state index in [1.807, 2.05) is 63.2 Å². The molecular weight excluding hydrogens is 572 g/mol. The fraction of sp³-hybridized carbons (Fsp3) is 0.226. The summed E-state index contributed by atoms with van der Waals surface area (Å²) in [5.41, 5.74) is 3.49. The van der Waals surface area contributed by atoms with E-state index >= 15 is 0 Å². The van der Waals surface area contributed by atoms with Crippen molar-refractivity contribution in [1.29, 1.82) is 0 Å². The summed E-state index contributed by atoms with van der Waals surface area (Å²) in [5.74, 6) is 1.10. The summed E-state index contributed by atoms with van der Waals surface area (Å²) >= 11 is 3.43. The average molecular weight is 604 g/mol. The highest BCUT2D eigenvalue weighted by Crippen LogP contribution is 2.33. The number of hydrogen-bond donors (Lipinski definition) is 1. The van der Waals surface area contributed by atoms with Crippen LogP contribution in [-0.2, 0) is 11.2 Å². The summed E-state index contributed by atoms with van der Waals surface area (Å²) in [5, 5.41) is 7.86. The van der Waals surface area contributed by atoms with Crippen molar-refractivity contribution in [2.45, 2.75) is 33.1 Å². The maximum absolute atomic E-state index is 13.4. The Morgan fingerprint density at radius 3 is 2.67 bits per heavy atom. The zero-order chi connectivity index (χ0) is 28.8. The van der Waals surface area contributed by atoms with E-state index in [1.54, 1.807) is 24.4 Å². The van der Waals surface area contributed by atoms with E-state index in [0.717, 1.165) is 21.3 Å². The van der Waals surface area contributed by atoms with Gasteiger partial charge in [0.1, 0.15) is 5.82 Å². The lowest BCUT2D eigenvalue weighted by molar-refractivity contribution is -0.118. The average Bonchev–Trinajstić information content (AvgIpc) is 2.93. The number of allylic oxidation sites excluding steroid dienone is 1. The van der Waals surface area contributed by atoms with Gasteiger partial charge in [0.05, 0.1) is 24.2 Å². The molecule has 0 fully saturated rings. The van der Waals surface area contributed by atoms with Crippen LogP contribution in [0.15, 0.2) is 81.6 Å². The van der Waals surface area contributed by atoms with Gasteiger partial charge < -0.3 is 14.8 Å². The van der Waals surface area contributed by atoms with Gasteiger partial charge in [-0.25, -0.2) is 4.98 Å². The van der Waals surface area contributed by atoms with Crippen molar-refractivity contribution in [3.63, 3.8) is 0 Å². The van der Waals surface area contributed by atoms with Gasteiger partial charge in [-0.3, -0.25) is 9.59 Å². The van der Waals surface area contributed by atoms with Gasteiger partial charge >= 0.3 is 0 Å². The Balaban J connectivity index is 1.66. The van der Waals surface area contributed by atoms with Crippen LogP contribution in [0.1, 0.15) is 42.3 Å². The minimum Gasteiger partial charge on any atom is -0.493 e. The Hall–Kier alpha value is -4.24. The van der Waals surface area contributed by atoms with Gasteiger partial charge in [0.25, 0.3) is 11.5 Å². The molecule has 8 nitrogen and oxygen atoms in total. The quantitative estimate of drug-likeness (QED) is 0.171. The van der Waals surface area contributed by atoms with Crippen molar-refractivity contribution in [2.75, 3.05) is 19.0 Å². The number of benzene rings is 3. The van der Waals surface area contributed by atoms with Gasteiger partial charge in [-0.2, -0.15) is 9.78 Å². The van der Waals surface area contributed by atoms with Crippen molar-refractivity contribution >= 4 is 44.6 Å². The molecule has 0 spiro atoms. The number of anilines is 1. The Morgan fingerprint density at radius 2 is 1.98 bits per heavy atom. The first kappa shape index (κ1) is 28.8. The van der Waals surface area contributed by atoms with Crippen molar-refractivity contribution in [3.8, 4) is 11.5 Å². The largest absolute Gasteiger partial charge is 0.493 e. The number of para-hydroxylation sites is 1. The Bertz CT molecular complexity index is 1660. The molecule has 0 bridgehead atoms. The molecule has 0 aliphatic heterocycles. The van der Waals surface area contributed by atoms with Gasteiger partial charge in [-0.05, 0) is 60.9 Å². The molecule has 0 atom stereocenters. The van der Waals surface area contributed by atoms with Crippen molar-refractivity contribution in [2.24, 2.45) is 5.10 Å². The fourth-order valence-corrected chi connectivity index (χ4v) is 4.55. The standard InChI is InChI=1S/C31H31BrN4O4/c1-6-9-22-14-21(15-27(39-5)29(22)40-18-28(37)34-25-11-8-7-10-20(25)4)17-33-36-30(19(2)3)35-26-13-12-23(32)16-24(26)31(36)38/h6-8,10-17,19H,1,9,18H2,2-5H3,(H,34,37). The number of ether oxygens (including phenoxy) is 2. The van der Waals surface area contributed by atoms with Crippen molar-refractivity contribution in [1.82, 2.24) is 9.66 Å². The van der Waals surface area contributed by atoms with Gasteiger partial charge in [0, 0.05) is 21.6 Å². The number of halogens is 1. The molecular formula is C31H31BrN4O4. The first-order chi connectivity index (χ1) is 19.2. The summed E-state index contributed by atoms with van der Waals surface area (Å²) in [6.45, 7) is 9.50. The predicted octanol–water partition coefficient (Wildman–Crippen LogP) is 6.23. The molecule has 1 aromatic heterocycles. The van der Waals surface area contributed by atoms with Gasteiger partial charge in [0.15, 0.2) is 18.1 Å². The molecule has 1 amide bonds. The van der Waals surface area contributed by atoms with E-state index in [-0.39, 0.29) is 24.0 Å². The second-order valence-corrected chi connectivity index (χ2v) is 10.4. The molecule has 4 aromatic rings. The fourth-order valence-electron chi connectivity index (χ4n) is 4.19. The molecule has 0 aliphatic rings. The third kappa shape index (κ3) is 6.48. The second kappa shape index (κ2) is 12.7. The SMILES string of the molecule is C=CCc1cc(C=Nn2c(C(C)C)nc3ccc(Br)cc3c2=O)cc(OC)c1OCC(=O)Nc1ccccc1C. The molecule has 1 heterocycles. The van der Waals surface area contributed by atoms with Crippen LogP contribution in [0.5, 0.6) is 11.5 Å². The summed E-state index contributed by atoms with van der Waals surface area (Å²) in [6.07, 6.45) is 3.79. The predicted molar refractivity (Wildman–Crippen MR) is 163 cm³/mol. The van der Waals surface area contributed by atoms with Crippen LogP contribution >= 0.6 is 15.9 Å². The van der Waals surface area contributed by atoms with Crippen LogP contribution in [-0.4, -0.2) is 35.5 Å². The van der Waals surface area contributed by atoms with E-state index < -0.39 is 0 Å². The molecule has 0 unspecified atom stereocenters. The minimum absolute atomic E-state index is 0.0367. The molecule has 206 valence electrons. The third-order valence-electron chi connectivity index (χ3n) is 6.18. The topological polar surface area (TPSA) is 94.8 Å². The molecule has 1 N–H and O–H groups in total. The summed E-state index contributed by atoms with van der Waals surface area (Å²) in [4.78, 5) is 30.7. The first-order valence-corrected chi connectivity index (χ1v) is 13.6. The second-order valence-electron chi connectivity index (χ2n) is 9.50. The molecule has 9 heteroatoms. The third-order valence-corrected chi connectivity index (χ3v) is 6.67.